The van der Waals surface area contributed by atoms with Gasteiger partial charge in [-0.15, -0.1) is 0 Å². The molecule has 1 aromatic heterocycles. The summed E-state index contributed by atoms with van der Waals surface area (Å²) in [5, 5.41) is 9.41. The molecule has 1 heterocycles. The van der Waals surface area contributed by atoms with Gasteiger partial charge in [-0.2, -0.15) is 0 Å². The smallest absolute Gasteiger partial charge is 0.303 e. The van der Waals surface area contributed by atoms with Crippen LogP contribution < -0.4 is 0 Å². The zero-order valence-electron chi connectivity index (χ0n) is 7.65. The first-order valence-electron chi connectivity index (χ1n) is 3.91. The topological polar surface area (TPSA) is 55.1 Å². The van der Waals surface area contributed by atoms with E-state index in [2.05, 4.69) is 4.98 Å². The van der Waals surface area contributed by atoms with Gasteiger partial charge in [-0.05, 0) is 12.7 Å². The maximum absolute atomic E-state index is 10.3. The zero-order chi connectivity index (χ0) is 9.84. The fourth-order valence-electron chi connectivity index (χ4n) is 1.08. The van der Waals surface area contributed by atoms with Gasteiger partial charge in [0, 0.05) is 18.9 Å². The predicted molar refractivity (Wildman–Crippen MR) is 50.9 cm³/mol. The summed E-state index contributed by atoms with van der Waals surface area (Å²) in [6.07, 6.45) is 4.38. The Morgan fingerprint density at radius 2 is 2.46 bits per heavy atom. The number of carbonyl (C=O) groups is 1. The largest absolute Gasteiger partial charge is 0.481 e. The average Bonchev–Trinajstić information content (AvgIpc) is 2.43. The molecular weight excluding hydrogens is 188 g/mol. The number of aryl methyl sites for hydroxylation is 1. The molecule has 0 amide bonds. The summed E-state index contributed by atoms with van der Waals surface area (Å²) in [5.74, 6) is -0.771. The number of carboxylic acids is 1. The Kier molecular flexibility index (Phi) is 3.36. The second-order valence-corrected chi connectivity index (χ2v) is 3.46. The maximum atomic E-state index is 10.3. The van der Waals surface area contributed by atoms with Crippen molar-refractivity contribution in [3.63, 3.8) is 0 Å². The highest BCUT2D eigenvalue weighted by Crippen LogP contribution is 2.14. The van der Waals surface area contributed by atoms with E-state index in [0.29, 0.717) is 6.42 Å². The van der Waals surface area contributed by atoms with E-state index in [9.17, 15) is 4.79 Å². The number of aromatic nitrogens is 2. The Bertz CT molecular complexity index is 309. The number of aliphatic carboxylic acids is 1. The fourth-order valence-corrected chi connectivity index (χ4v) is 1.63. The van der Waals surface area contributed by atoms with Crippen molar-refractivity contribution in [1.29, 1.82) is 0 Å². The molecule has 4 nitrogen and oxygen atoms in total. The summed E-state index contributed by atoms with van der Waals surface area (Å²) in [5.41, 5.74) is 0.965. The lowest BCUT2D eigenvalue weighted by Crippen LogP contribution is -2.02. The van der Waals surface area contributed by atoms with Crippen molar-refractivity contribution in [2.75, 3.05) is 6.26 Å². The molecule has 1 aromatic rings. The van der Waals surface area contributed by atoms with Crippen LogP contribution in [0, 0.1) is 0 Å². The molecule has 1 N–H and O–H groups in total. The van der Waals surface area contributed by atoms with Crippen molar-refractivity contribution < 1.29 is 9.90 Å². The fraction of sp³-hybridized carbons (Fsp3) is 0.500. The molecule has 0 saturated heterocycles. The first-order valence-corrected chi connectivity index (χ1v) is 5.14. The SMILES string of the molecule is CSc1ncc(CCC(=O)O)n1C. The Labute approximate surface area is 81.0 Å². The van der Waals surface area contributed by atoms with E-state index in [1.807, 2.05) is 17.9 Å². The summed E-state index contributed by atoms with van der Waals surface area (Å²) in [4.78, 5) is 14.5. The molecule has 0 spiro atoms. The van der Waals surface area contributed by atoms with Crippen LogP contribution in [-0.2, 0) is 18.3 Å². The lowest BCUT2D eigenvalue weighted by atomic mass is 10.2. The molecule has 0 aliphatic heterocycles. The third-order valence-electron chi connectivity index (χ3n) is 1.82. The molecule has 0 aliphatic carbocycles. The van der Waals surface area contributed by atoms with E-state index >= 15 is 0 Å². The first kappa shape index (κ1) is 10.1. The summed E-state index contributed by atoms with van der Waals surface area (Å²) in [7, 11) is 1.90. The van der Waals surface area contributed by atoms with Crippen molar-refractivity contribution in [3.8, 4) is 0 Å². The lowest BCUT2D eigenvalue weighted by molar-refractivity contribution is -0.136. The van der Waals surface area contributed by atoms with Gasteiger partial charge in [-0.1, -0.05) is 11.8 Å². The molecule has 0 aromatic carbocycles. The Balaban J connectivity index is 2.67. The summed E-state index contributed by atoms with van der Waals surface area (Å²) < 4.78 is 1.92. The number of thioether (sulfide) groups is 1. The van der Waals surface area contributed by atoms with E-state index in [1.54, 1.807) is 18.0 Å². The summed E-state index contributed by atoms with van der Waals surface area (Å²) in [6, 6.07) is 0. The van der Waals surface area contributed by atoms with Gasteiger partial charge < -0.3 is 9.67 Å². The van der Waals surface area contributed by atoms with Gasteiger partial charge in [0.25, 0.3) is 0 Å². The number of nitrogens with zero attached hydrogens (tertiary/aromatic N) is 2. The van der Waals surface area contributed by atoms with Gasteiger partial charge >= 0.3 is 5.97 Å². The molecule has 5 heteroatoms. The molecule has 0 saturated carbocycles. The summed E-state index contributed by atoms with van der Waals surface area (Å²) in [6.45, 7) is 0. The first-order chi connectivity index (χ1) is 6.15. The third-order valence-corrected chi connectivity index (χ3v) is 2.56. The van der Waals surface area contributed by atoms with Crippen LogP contribution in [0.2, 0.25) is 0 Å². The monoisotopic (exact) mass is 200 g/mol. The van der Waals surface area contributed by atoms with Crippen LogP contribution in [0.5, 0.6) is 0 Å². The highest BCUT2D eigenvalue weighted by Gasteiger charge is 2.06. The van der Waals surface area contributed by atoms with Gasteiger partial charge in [0.15, 0.2) is 5.16 Å². The molecule has 0 bridgehead atoms. The molecule has 0 radical (unpaired) electrons. The number of rotatable bonds is 4. The van der Waals surface area contributed by atoms with Crippen molar-refractivity contribution in [2.24, 2.45) is 7.05 Å². The quantitative estimate of drug-likeness (QED) is 0.741. The molecule has 0 fully saturated rings. The van der Waals surface area contributed by atoms with Crippen LogP contribution in [0.15, 0.2) is 11.4 Å². The molecule has 1 rings (SSSR count). The molecule has 0 aliphatic rings. The van der Waals surface area contributed by atoms with E-state index in [-0.39, 0.29) is 6.42 Å². The van der Waals surface area contributed by atoms with Gasteiger partial charge in [0.05, 0.1) is 6.42 Å². The Morgan fingerprint density at radius 3 is 2.92 bits per heavy atom. The van der Waals surface area contributed by atoms with E-state index < -0.39 is 5.97 Å². The van der Waals surface area contributed by atoms with Crippen LogP contribution in [0.25, 0.3) is 0 Å². The van der Waals surface area contributed by atoms with Crippen molar-refractivity contribution in [1.82, 2.24) is 9.55 Å². The van der Waals surface area contributed by atoms with Gasteiger partial charge in [-0.3, -0.25) is 4.79 Å². The average molecular weight is 200 g/mol. The molecule has 13 heavy (non-hydrogen) atoms. The minimum absolute atomic E-state index is 0.160. The van der Waals surface area contributed by atoms with Crippen LogP contribution in [-0.4, -0.2) is 26.9 Å². The molecule has 72 valence electrons. The van der Waals surface area contributed by atoms with Crippen LogP contribution >= 0.6 is 11.8 Å². The van der Waals surface area contributed by atoms with Gasteiger partial charge in [-0.25, -0.2) is 4.98 Å². The van der Waals surface area contributed by atoms with Crippen molar-refractivity contribution >= 4 is 17.7 Å². The van der Waals surface area contributed by atoms with Gasteiger partial charge in [0.1, 0.15) is 0 Å². The second-order valence-electron chi connectivity index (χ2n) is 2.69. The van der Waals surface area contributed by atoms with Gasteiger partial charge in [0.2, 0.25) is 0 Å². The summed E-state index contributed by atoms with van der Waals surface area (Å²) >= 11 is 1.55. The second kappa shape index (κ2) is 4.32. The standard InChI is InChI=1S/C8H12N2O2S/c1-10-6(3-4-7(11)12)5-9-8(10)13-2/h5H,3-4H2,1-2H3,(H,11,12). The predicted octanol–water partition coefficient (Wildman–Crippen LogP) is 1.16. The van der Waals surface area contributed by atoms with Crippen molar-refractivity contribution in [2.45, 2.75) is 18.0 Å². The minimum Gasteiger partial charge on any atom is -0.481 e. The molecular formula is C8H12N2O2S. The van der Waals surface area contributed by atoms with Crippen LogP contribution in [0.4, 0.5) is 0 Å². The highest BCUT2D eigenvalue weighted by molar-refractivity contribution is 7.98. The number of imidazole rings is 1. The third kappa shape index (κ3) is 2.48. The van der Waals surface area contributed by atoms with E-state index in [4.69, 9.17) is 5.11 Å². The van der Waals surface area contributed by atoms with E-state index in [0.717, 1.165) is 10.9 Å². The number of hydrogen-bond donors (Lipinski definition) is 1. The Morgan fingerprint density at radius 1 is 1.77 bits per heavy atom. The van der Waals surface area contributed by atoms with Crippen molar-refractivity contribution in [3.05, 3.63) is 11.9 Å². The van der Waals surface area contributed by atoms with Crippen LogP contribution in [0.3, 0.4) is 0 Å². The molecule has 0 atom stereocenters. The normalized spacial score (nSPS) is 10.3. The lowest BCUT2D eigenvalue weighted by Gasteiger charge is -2.01. The Hall–Kier alpha value is -0.970. The minimum atomic E-state index is -0.771. The maximum Gasteiger partial charge on any atom is 0.303 e. The molecule has 0 unspecified atom stereocenters. The number of hydrogen-bond acceptors (Lipinski definition) is 3. The zero-order valence-corrected chi connectivity index (χ0v) is 8.47. The van der Waals surface area contributed by atoms with E-state index in [1.165, 1.54) is 0 Å². The number of carboxylic acid groups (broad SMARTS) is 1. The highest BCUT2D eigenvalue weighted by atomic mass is 32.2. The van der Waals surface area contributed by atoms with Crippen LogP contribution in [0.1, 0.15) is 12.1 Å².